The summed E-state index contributed by atoms with van der Waals surface area (Å²) in [7, 11) is 2.88. The first-order chi connectivity index (χ1) is 6.72. The number of thiocyanates is 1. The smallest absolute Gasteiger partial charge is 0.200 e. The van der Waals surface area contributed by atoms with Gasteiger partial charge in [-0.1, -0.05) is 0 Å². The Hall–Kier alpha value is -1.54. The van der Waals surface area contributed by atoms with Crippen molar-refractivity contribution in [3.63, 3.8) is 0 Å². The van der Waals surface area contributed by atoms with E-state index in [1.54, 1.807) is 12.1 Å². The quantitative estimate of drug-likeness (QED) is 0.611. The van der Waals surface area contributed by atoms with Crippen molar-refractivity contribution in [2.45, 2.75) is 4.90 Å². The van der Waals surface area contributed by atoms with E-state index in [9.17, 15) is 5.11 Å². The molecule has 0 unspecified atom stereocenters. The molecule has 0 bridgehead atoms. The second kappa shape index (κ2) is 4.63. The lowest BCUT2D eigenvalue weighted by molar-refractivity contribution is 0.338. The number of phenols is 1. The monoisotopic (exact) mass is 211 g/mol. The number of nitriles is 1. The zero-order valence-electron chi connectivity index (χ0n) is 7.77. The van der Waals surface area contributed by atoms with Crippen LogP contribution in [0.5, 0.6) is 17.2 Å². The van der Waals surface area contributed by atoms with Gasteiger partial charge in [0.05, 0.1) is 14.2 Å². The van der Waals surface area contributed by atoms with Crippen LogP contribution in [0.2, 0.25) is 0 Å². The first-order valence-corrected chi connectivity index (χ1v) is 4.55. The maximum atomic E-state index is 9.54. The minimum atomic E-state index is -0.0581. The van der Waals surface area contributed by atoms with Crippen LogP contribution in [0, 0.1) is 10.7 Å². The van der Waals surface area contributed by atoms with Crippen LogP contribution in [0.25, 0.3) is 0 Å². The summed E-state index contributed by atoms with van der Waals surface area (Å²) < 4.78 is 9.84. The van der Waals surface area contributed by atoms with Gasteiger partial charge in [-0.15, -0.1) is 0 Å². The molecule has 0 saturated heterocycles. The molecular weight excluding hydrogens is 202 g/mol. The number of nitrogens with zero attached hydrogens (tertiary/aromatic N) is 1. The fourth-order valence-electron chi connectivity index (χ4n) is 0.981. The second-order valence-corrected chi connectivity index (χ2v) is 3.23. The molecule has 0 aliphatic rings. The van der Waals surface area contributed by atoms with Crippen LogP contribution in [-0.4, -0.2) is 19.3 Å². The molecule has 0 fully saturated rings. The highest BCUT2D eigenvalue weighted by Crippen LogP contribution is 2.39. The third-order valence-corrected chi connectivity index (χ3v) is 2.18. The van der Waals surface area contributed by atoms with Gasteiger partial charge in [0.25, 0.3) is 0 Å². The Bertz CT molecular complexity index is 348. The number of benzene rings is 1. The van der Waals surface area contributed by atoms with Crippen LogP contribution in [0.15, 0.2) is 17.0 Å². The number of hydrogen-bond acceptors (Lipinski definition) is 5. The fourth-order valence-corrected chi connectivity index (χ4v) is 1.42. The zero-order valence-corrected chi connectivity index (χ0v) is 8.59. The fraction of sp³-hybridized carbons (Fsp3) is 0.222. The molecule has 5 heteroatoms. The van der Waals surface area contributed by atoms with Crippen molar-refractivity contribution in [2.75, 3.05) is 14.2 Å². The normalized spacial score (nSPS) is 9.21. The predicted molar refractivity (Wildman–Crippen MR) is 52.7 cm³/mol. The summed E-state index contributed by atoms with van der Waals surface area (Å²) in [6.45, 7) is 0. The van der Waals surface area contributed by atoms with Crippen LogP contribution in [0.3, 0.4) is 0 Å². The van der Waals surface area contributed by atoms with Gasteiger partial charge >= 0.3 is 0 Å². The Balaban J connectivity index is 3.19. The number of thioether (sulfide) groups is 1. The number of hydrogen-bond donors (Lipinski definition) is 1. The summed E-state index contributed by atoms with van der Waals surface area (Å²) in [5, 5.41) is 20.0. The maximum absolute atomic E-state index is 9.54. The lowest BCUT2D eigenvalue weighted by Gasteiger charge is -2.08. The molecule has 0 spiro atoms. The number of methoxy groups -OCH3 is 2. The van der Waals surface area contributed by atoms with Crippen LogP contribution >= 0.6 is 11.8 Å². The molecule has 0 amide bonds. The molecule has 0 aliphatic carbocycles. The Morgan fingerprint density at radius 3 is 2.14 bits per heavy atom. The highest BCUT2D eigenvalue weighted by molar-refractivity contribution is 8.03. The standard InChI is InChI=1S/C9H9NO3S/c1-12-7-3-6(14-5-10)4-8(13-2)9(7)11/h3-4,11H,1-2H3. The maximum Gasteiger partial charge on any atom is 0.200 e. The lowest BCUT2D eigenvalue weighted by atomic mass is 10.3. The Kier molecular flexibility index (Phi) is 3.48. The van der Waals surface area contributed by atoms with E-state index >= 15 is 0 Å². The summed E-state index contributed by atoms with van der Waals surface area (Å²) in [4.78, 5) is 0.666. The van der Waals surface area contributed by atoms with Gasteiger partial charge < -0.3 is 14.6 Å². The van der Waals surface area contributed by atoms with Crippen LogP contribution in [0.1, 0.15) is 0 Å². The summed E-state index contributed by atoms with van der Waals surface area (Å²) >= 11 is 0.977. The highest BCUT2D eigenvalue weighted by Gasteiger charge is 2.10. The van der Waals surface area contributed by atoms with Gasteiger partial charge in [-0.05, 0) is 23.9 Å². The Morgan fingerprint density at radius 1 is 1.29 bits per heavy atom. The zero-order chi connectivity index (χ0) is 10.6. The molecule has 0 radical (unpaired) electrons. The first kappa shape index (κ1) is 10.5. The molecular formula is C9H9NO3S. The molecule has 1 rings (SSSR count). The van der Waals surface area contributed by atoms with Crippen LogP contribution in [0.4, 0.5) is 0 Å². The van der Waals surface area contributed by atoms with Crippen molar-refractivity contribution >= 4 is 11.8 Å². The molecule has 14 heavy (non-hydrogen) atoms. The van der Waals surface area contributed by atoms with E-state index in [1.807, 2.05) is 5.40 Å². The Labute approximate surface area is 86.1 Å². The molecule has 0 aromatic heterocycles. The van der Waals surface area contributed by atoms with E-state index in [4.69, 9.17) is 14.7 Å². The molecule has 1 N–H and O–H groups in total. The molecule has 0 heterocycles. The minimum absolute atomic E-state index is 0.0581. The molecule has 0 atom stereocenters. The first-order valence-electron chi connectivity index (χ1n) is 3.73. The van der Waals surface area contributed by atoms with Crippen molar-refractivity contribution in [3.05, 3.63) is 12.1 Å². The summed E-state index contributed by atoms with van der Waals surface area (Å²) in [6.07, 6.45) is 0. The predicted octanol–water partition coefficient (Wildman–Crippen LogP) is 1.98. The summed E-state index contributed by atoms with van der Waals surface area (Å²) in [6, 6.07) is 3.15. The number of rotatable bonds is 3. The van der Waals surface area contributed by atoms with Crippen molar-refractivity contribution in [3.8, 4) is 22.6 Å². The van der Waals surface area contributed by atoms with Gasteiger partial charge in [0.2, 0.25) is 5.75 Å². The molecule has 0 saturated carbocycles. The van der Waals surface area contributed by atoms with E-state index in [0.717, 1.165) is 11.8 Å². The Morgan fingerprint density at radius 2 is 1.79 bits per heavy atom. The third-order valence-electron chi connectivity index (χ3n) is 1.62. The SMILES string of the molecule is COc1cc(SC#N)cc(OC)c1O. The molecule has 0 aliphatic heterocycles. The average Bonchev–Trinajstić information content (AvgIpc) is 2.20. The highest BCUT2D eigenvalue weighted by atomic mass is 32.2. The minimum Gasteiger partial charge on any atom is -0.502 e. The van der Waals surface area contributed by atoms with Gasteiger partial charge in [-0.3, -0.25) is 0 Å². The molecule has 74 valence electrons. The van der Waals surface area contributed by atoms with Crippen molar-refractivity contribution in [1.82, 2.24) is 0 Å². The second-order valence-electron chi connectivity index (χ2n) is 2.37. The largest absolute Gasteiger partial charge is 0.502 e. The van der Waals surface area contributed by atoms with E-state index in [1.165, 1.54) is 14.2 Å². The average molecular weight is 211 g/mol. The number of phenolic OH excluding ortho intramolecular Hbond substituents is 1. The van der Waals surface area contributed by atoms with Gasteiger partial charge in [0.1, 0.15) is 5.40 Å². The van der Waals surface area contributed by atoms with Gasteiger partial charge in [-0.2, -0.15) is 5.26 Å². The van der Waals surface area contributed by atoms with E-state index < -0.39 is 0 Å². The van der Waals surface area contributed by atoms with Crippen molar-refractivity contribution < 1.29 is 14.6 Å². The summed E-state index contributed by atoms with van der Waals surface area (Å²) in [5.41, 5.74) is 0. The van der Waals surface area contributed by atoms with E-state index in [0.29, 0.717) is 16.4 Å². The number of ether oxygens (including phenoxy) is 2. The number of aromatic hydroxyl groups is 1. The van der Waals surface area contributed by atoms with Gasteiger partial charge in [0, 0.05) is 4.90 Å². The van der Waals surface area contributed by atoms with E-state index in [2.05, 4.69) is 0 Å². The van der Waals surface area contributed by atoms with Gasteiger partial charge in [-0.25, -0.2) is 0 Å². The van der Waals surface area contributed by atoms with Crippen LogP contribution < -0.4 is 9.47 Å². The van der Waals surface area contributed by atoms with Crippen LogP contribution in [-0.2, 0) is 0 Å². The summed E-state index contributed by atoms with van der Waals surface area (Å²) in [5.74, 6) is 0.529. The third kappa shape index (κ3) is 2.03. The topological polar surface area (TPSA) is 62.5 Å². The van der Waals surface area contributed by atoms with Crippen molar-refractivity contribution in [2.24, 2.45) is 0 Å². The molecule has 1 aromatic carbocycles. The lowest BCUT2D eigenvalue weighted by Crippen LogP contribution is -1.89. The van der Waals surface area contributed by atoms with Gasteiger partial charge in [0.15, 0.2) is 11.5 Å². The molecule has 1 aromatic rings. The van der Waals surface area contributed by atoms with Crippen molar-refractivity contribution in [1.29, 1.82) is 5.26 Å². The van der Waals surface area contributed by atoms with E-state index in [-0.39, 0.29) is 5.75 Å². The molecule has 4 nitrogen and oxygen atoms in total.